The van der Waals surface area contributed by atoms with Gasteiger partial charge in [0.1, 0.15) is 0 Å². The fourth-order valence-electron chi connectivity index (χ4n) is 3.53. The van der Waals surface area contributed by atoms with Gasteiger partial charge in [-0.2, -0.15) is 4.31 Å². The van der Waals surface area contributed by atoms with Gasteiger partial charge in [0.2, 0.25) is 26.0 Å². The van der Waals surface area contributed by atoms with Gasteiger partial charge >= 0.3 is 0 Å². The summed E-state index contributed by atoms with van der Waals surface area (Å²) in [5.74, 6) is -0.137. The number of carbonyl (C=O) groups is 1. The molecule has 1 amide bonds. The molecule has 8 nitrogen and oxygen atoms in total. The van der Waals surface area contributed by atoms with Crippen LogP contribution in [-0.4, -0.2) is 47.2 Å². The van der Waals surface area contributed by atoms with Gasteiger partial charge in [-0.15, -0.1) is 0 Å². The number of hydrogen-bond acceptors (Lipinski definition) is 5. The Kier molecular flexibility index (Phi) is 8.05. The van der Waals surface area contributed by atoms with E-state index in [-0.39, 0.29) is 22.1 Å². The van der Waals surface area contributed by atoms with Crippen LogP contribution in [0.25, 0.3) is 0 Å². The summed E-state index contributed by atoms with van der Waals surface area (Å²) in [6.07, 6.45) is 3.59. The molecule has 174 valence electrons. The van der Waals surface area contributed by atoms with Crippen LogP contribution >= 0.6 is 0 Å². The molecule has 10 heteroatoms. The number of rotatable bonds is 9. The average Bonchev–Trinajstić information content (AvgIpc) is 2.82. The summed E-state index contributed by atoms with van der Waals surface area (Å²) in [7, 11) is -5.58. The highest BCUT2D eigenvalue weighted by atomic mass is 32.2. The van der Waals surface area contributed by atoms with E-state index in [4.69, 9.17) is 0 Å². The Morgan fingerprint density at radius 3 is 2.00 bits per heavy atom. The minimum Gasteiger partial charge on any atom is -0.352 e. The molecule has 0 saturated carbocycles. The van der Waals surface area contributed by atoms with Gasteiger partial charge in [-0.05, 0) is 61.7 Å². The first-order valence-corrected chi connectivity index (χ1v) is 13.5. The first kappa shape index (κ1) is 24.4. The number of nitrogens with one attached hydrogen (secondary N) is 2. The van der Waals surface area contributed by atoms with Crippen LogP contribution in [0.15, 0.2) is 58.3 Å². The lowest BCUT2D eigenvalue weighted by atomic mass is 10.1. The van der Waals surface area contributed by atoms with E-state index in [0.717, 1.165) is 30.4 Å². The van der Waals surface area contributed by atoms with Crippen LogP contribution in [0.1, 0.15) is 36.8 Å². The van der Waals surface area contributed by atoms with Crippen molar-refractivity contribution in [3.63, 3.8) is 0 Å². The van der Waals surface area contributed by atoms with E-state index in [9.17, 15) is 21.6 Å². The van der Waals surface area contributed by atoms with E-state index < -0.39 is 20.0 Å². The second kappa shape index (κ2) is 10.6. The van der Waals surface area contributed by atoms with Crippen molar-refractivity contribution in [2.75, 3.05) is 20.1 Å². The Labute approximate surface area is 190 Å². The molecule has 32 heavy (non-hydrogen) atoms. The van der Waals surface area contributed by atoms with Crippen LogP contribution in [0.2, 0.25) is 0 Å². The Bertz CT molecular complexity index is 1120. The molecule has 0 radical (unpaired) electrons. The molecule has 0 aliphatic carbocycles. The largest absolute Gasteiger partial charge is 0.352 e. The molecular formula is C22H29N3O5S2. The second-order valence-electron chi connectivity index (χ2n) is 7.74. The quantitative estimate of drug-likeness (QED) is 0.571. The van der Waals surface area contributed by atoms with E-state index in [1.54, 1.807) is 36.4 Å². The van der Waals surface area contributed by atoms with Crippen LogP contribution in [-0.2, 0) is 37.8 Å². The monoisotopic (exact) mass is 479 g/mol. The van der Waals surface area contributed by atoms with Crippen molar-refractivity contribution in [2.24, 2.45) is 0 Å². The lowest BCUT2D eigenvalue weighted by Crippen LogP contribution is -2.35. The molecule has 1 aliphatic heterocycles. The van der Waals surface area contributed by atoms with Crippen LogP contribution in [0.3, 0.4) is 0 Å². The zero-order chi connectivity index (χ0) is 23.2. The zero-order valence-electron chi connectivity index (χ0n) is 18.1. The van der Waals surface area contributed by atoms with Crippen molar-refractivity contribution in [1.29, 1.82) is 0 Å². The van der Waals surface area contributed by atoms with E-state index in [1.807, 2.05) is 0 Å². The average molecular weight is 480 g/mol. The van der Waals surface area contributed by atoms with Gasteiger partial charge in [-0.1, -0.05) is 30.7 Å². The molecule has 0 spiro atoms. The van der Waals surface area contributed by atoms with Gasteiger partial charge in [0.25, 0.3) is 0 Å². The van der Waals surface area contributed by atoms with Crippen molar-refractivity contribution in [2.45, 2.75) is 48.4 Å². The van der Waals surface area contributed by atoms with Crippen molar-refractivity contribution in [3.05, 3.63) is 59.7 Å². The number of hydrogen-bond donors (Lipinski definition) is 2. The number of piperidine rings is 1. The molecule has 2 aromatic carbocycles. The summed E-state index contributed by atoms with van der Waals surface area (Å²) < 4.78 is 52.7. The van der Waals surface area contributed by atoms with Gasteiger partial charge in [0.05, 0.1) is 9.79 Å². The molecule has 3 rings (SSSR count). The van der Waals surface area contributed by atoms with Crippen LogP contribution in [0.4, 0.5) is 0 Å². The third-order valence-corrected chi connectivity index (χ3v) is 8.85. The highest BCUT2D eigenvalue weighted by molar-refractivity contribution is 7.89. The maximum atomic E-state index is 12.7. The Balaban J connectivity index is 1.48. The molecule has 1 heterocycles. The number of benzene rings is 2. The smallest absolute Gasteiger partial charge is 0.243 e. The minimum atomic E-state index is -3.47. The van der Waals surface area contributed by atoms with Gasteiger partial charge in [0, 0.05) is 26.1 Å². The van der Waals surface area contributed by atoms with Crippen molar-refractivity contribution < 1.29 is 21.6 Å². The fraction of sp³-hybridized carbons (Fsp3) is 0.409. The Morgan fingerprint density at radius 2 is 1.41 bits per heavy atom. The highest BCUT2D eigenvalue weighted by Gasteiger charge is 2.25. The molecule has 0 bridgehead atoms. The van der Waals surface area contributed by atoms with E-state index in [1.165, 1.54) is 23.5 Å². The number of amides is 1. The molecule has 1 fully saturated rings. The van der Waals surface area contributed by atoms with Crippen LogP contribution in [0.5, 0.6) is 0 Å². The van der Waals surface area contributed by atoms with E-state index >= 15 is 0 Å². The standard InChI is InChI=1S/C22H29N3O5S2/c1-23-31(27,28)20-10-5-18(6-11-20)9-14-22(26)24-17-19-7-12-21(13-8-19)32(29,30)25-15-3-2-4-16-25/h5-8,10-13,23H,2-4,9,14-17H2,1H3,(H,24,26). The van der Waals surface area contributed by atoms with E-state index in [2.05, 4.69) is 10.0 Å². The molecule has 2 N–H and O–H groups in total. The van der Waals surface area contributed by atoms with Crippen molar-refractivity contribution in [3.8, 4) is 0 Å². The Hall–Kier alpha value is -2.27. The molecule has 2 aromatic rings. The van der Waals surface area contributed by atoms with Gasteiger partial charge < -0.3 is 5.32 Å². The number of nitrogens with zero attached hydrogens (tertiary/aromatic N) is 1. The maximum Gasteiger partial charge on any atom is 0.243 e. The van der Waals surface area contributed by atoms with Crippen LogP contribution < -0.4 is 10.0 Å². The predicted octanol–water partition coefficient (Wildman–Crippen LogP) is 2.02. The summed E-state index contributed by atoms with van der Waals surface area (Å²) in [4.78, 5) is 12.6. The summed E-state index contributed by atoms with van der Waals surface area (Å²) in [5.41, 5.74) is 1.68. The minimum absolute atomic E-state index is 0.137. The van der Waals surface area contributed by atoms with Crippen molar-refractivity contribution >= 4 is 26.0 Å². The normalized spacial score (nSPS) is 15.4. The zero-order valence-corrected chi connectivity index (χ0v) is 19.7. The Morgan fingerprint density at radius 1 is 0.844 bits per heavy atom. The van der Waals surface area contributed by atoms with Gasteiger partial charge in [0.15, 0.2) is 0 Å². The number of carbonyl (C=O) groups excluding carboxylic acids is 1. The van der Waals surface area contributed by atoms with E-state index in [0.29, 0.717) is 26.1 Å². The third-order valence-electron chi connectivity index (χ3n) is 5.51. The molecule has 0 atom stereocenters. The molecular weight excluding hydrogens is 450 g/mol. The first-order chi connectivity index (χ1) is 15.2. The molecule has 0 unspecified atom stereocenters. The molecule has 0 aromatic heterocycles. The topological polar surface area (TPSA) is 113 Å². The lowest BCUT2D eigenvalue weighted by Gasteiger charge is -2.25. The summed E-state index contributed by atoms with van der Waals surface area (Å²) in [6.45, 7) is 1.44. The predicted molar refractivity (Wildman–Crippen MR) is 122 cm³/mol. The van der Waals surface area contributed by atoms with Crippen LogP contribution in [0, 0.1) is 0 Å². The third kappa shape index (κ3) is 6.16. The SMILES string of the molecule is CNS(=O)(=O)c1ccc(CCC(=O)NCc2ccc(S(=O)(=O)N3CCCCC3)cc2)cc1. The van der Waals surface area contributed by atoms with Crippen molar-refractivity contribution in [1.82, 2.24) is 14.3 Å². The van der Waals surface area contributed by atoms with Gasteiger partial charge in [-0.3, -0.25) is 4.79 Å². The molecule has 1 aliphatic rings. The first-order valence-electron chi connectivity index (χ1n) is 10.6. The summed E-state index contributed by atoms with van der Waals surface area (Å²) in [6, 6.07) is 13.0. The summed E-state index contributed by atoms with van der Waals surface area (Å²) in [5, 5.41) is 2.83. The number of sulfonamides is 2. The van der Waals surface area contributed by atoms with Gasteiger partial charge in [-0.25, -0.2) is 21.6 Å². The lowest BCUT2D eigenvalue weighted by molar-refractivity contribution is -0.121. The summed E-state index contributed by atoms with van der Waals surface area (Å²) >= 11 is 0. The highest BCUT2D eigenvalue weighted by Crippen LogP contribution is 2.21. The molecule has 1 saturated heterocycles. The maximum absolute atomic E-state index is 12.7. The number of aryl methyl sites for hydroxylation is 1. The fourth-order valence-corrected chi connectivity index (χ4v) is 5.78. The second-order valence-corrected chi connectivity index (χ2v) is 11.6.